The first kappa shape index (κ1) is 12.8. The summed E-state index contributed by atoms with van der Waals surface area (Å²) in [7, 11) is 0. The Morgan fingerprint density at radius 1 is 1.47 bits per heavy atom. The molecule has 3 N–H and O–H groups in total. The van der Waals surface area contributed by atoms with E-state index in [1.807, 2.05) is 0 Å². The maximum Gasteiger partial charge on any atom is 0.342 e. The first-order valence-corrected chi connectivity index (χ1v) is 5.65. The molecule has 2 aromatic heterocycles. The minimum absolute atomic E-state index is 0.0636. The van der Waals surface area contributed by atoms with Crippen molar-refractivity contribution >= 4 is 17.6 Å². The number of nitrogens with one attached hydrogen (secondary N) is 3. The summed E-state index contributed by atoms with van der Waals surface area (Å²) in [5.74, 6) is -0.912. The number of nitrogens with zero attached hydrogens (tertiary/aromatic N) is 2. The van der Waals surface area contributed by atoms with E-state index in [1.165, 1.54) is 12.5 Å². The molecule has 0 atom stereocenters. The predicted octanol–water partition coefficient (Wildman–Crippen LogP) is 0.870. The molecule has 2 rings (SSSR count). The third-order valence-corrected chi connectivity index (χ3v) is 2.44. The monoisotopic (exact) mass is 263 g/mol. The lowest BCUT2D eigenvalue weighted by atomic mass is 10.2. The van der Waals surface area contributed by atoms with Gasteiger partial charge in [0.2, 0.25) is 5.82 Å². The van der Waals surface area contributed by atoms with E-state index in [9.17, 15) is 9.59 Å². The van der Waals surface area contributed by atoms with Gasteiger partial charge in [-0.2, -0.15) is 5.10 Å². The van der Waals surface area contributed by atoms with E-state index in [2.05, 4.69) is 25.5 Å². The SMILES string of the molecule is CCOC(=O)c1c(NC(=O)c2ncn[nH]2)c[nH]c1C. The zero-order chi connectivity index (χ0) is 13.8. The van der Waals surface area contributed by atoms with Gasteiger partial charge in [0.25, 0.3) is 5.91 Å². The Morgan fingerprint density at radius 2 is 2.26 bits per heavy atom. The highest BCUT2D eigenvalue weighted by Gasteiger charge is 2.20. The second-order valence-corrected chi connectivity index (χ2v) is 3.71. The van der Waals surface area contributed by atoms with Gasteiger partial charge in [0.05, 0.1) is 12.3 Å². The van der Waals surface area contributed by atoms with Crippen LogP contribution in [0.1, 0.15) is 33.6 Å². The molecule has 8 heteroatoms. The lowest BCUT2D eigenvalue weighted by Gasteiger charge is -2.05. The van der Waals surface area contributed by atoms with Crippen LogP contribution in [-0.4, -0.2) is 38.6 Å². The van der Waals surface area contributed by atoms with E-state index in [-0.39, 0.29) is 12.4 Å². The average Bonchev–Trinajstić information content (AvgIpc) is 2.99. The normalized spacial score (nSPS) is 10.2. The van der Waals surface area contributed by atoms with E-state index in [0.29, 0.717) is 16.9 Å². The molecule has 0 fully saturated rings. The summed E-state index contributed by atoms with van der Waals surface area (Å²) >= 11 is 0. The first-order valence-electron chi connectivity index (χ1n) is 5.65. The van der Waals surface area contributed by atoms with Gasteiger partial charge in [-0.1, -0.05) is 0 Å². The van der Waals surface area contributed by atoms with Gasteiger partial charge in [0.15, 0.2) is 0 Å². The minimum Gasteiger partial charge on any atom is -0.462 e. The fraction of sp³-hybridized carbons (Fsp3) is 0.273. The molecule has 0 aliphatic rings. The Labute approximate surface area is 108 Å². The van der Waals surface area contributed by atoms with Gasteiger partial charge in [-0.25, -0.2) is 9.78 Å². The molecule has 1 amide bonds. The van der Waals surface area contributed by atoms with E-state index >= 15 is 0 Å². The Kier molecular flexibility index (Phi) is 3.60. The molecule has 19 heavy (non-hydrogen) atoms. The van der Waals surface area contributed by atoms with Gasteiger partial charge >= 0.3 is 5.97 Å². The highest BCUT2D eigenvalue weighted by molar-refractivity contribution is 6.06. The van der Waals surface area contributed by atoms with Crippen LogP contribution >= 0.6 is 0 Å². The van der Waals surface area contributed by atoms with Gasteiger partial charge in [-0.05, 0) is 13.8 Å². The highest BCUT2D eigenvalue weighted by Crippen LogP contribution is 2.20. The van der Waals surface area contributed by atoms with Crippen LogP contribution in [0, 0.1) is 6.92 Å². The zero-order valence-electron chi connectivity index (χ0n) is 10.5. The number of carbonyl (C=O) groups excluding carboxylic acids is 2. The Morgan fingerprint density at radius 3 is 2.89 bits per heavy atom. The van der Waals surface area contributed by atoms with Gasteiger partial charge in [-0.3, -0.25) is 9.89 Å². The van der Waals surface area contributed by atoms with Crippen LogP contribution in [-0.2, 0) is 4.74 Å². The molecular weight excluding hydrogens is 250 g/mol. The molecule has 0 aliphatic heterocycles. The molecule has 2 heterocycles. The third kappa shape index (κ3) is 2.62. The van der Waals surface area contributed by atoms with Gasteiger partial charge < -0.3 is 15.0 Å². The van der Waals surface area contributed by atoms with Crippen molar-refractivity contribution in [2.75, 3.05) is 11.9 Å². The molecule has 8 nitrogen and oxygen atoms in total. The molecule has 0 radical (unpaired) electrons. The molecular formula is C11H13N5O3. The molecule has 100 valence electrons. The van der Waals surface area contributed by atoms with Crippen LogP contribution in [0.2, 0.25) is 0 Å². The lowest BCUT2D eigenvalue weighted by Crippen LogP contribution is -2.16. The lowest BCUT2D eigenvalue weighted by molar-refractivity contribution is 0.0527. The fourth-order valence-electron chi connectivity index (χ4n) is 1.59. The number of hydrogen-bond donors (Lipinski definition) is 3. The van der Waals surface area contributed by atoms with Crippen LogP contribution in [0.15, 0.2) is 12.5 Å². The van der Waals surface area contributed by atoms with Crippen molar-refractivity contribution in [3.63, 3.8) is 0 Å². The van der Waals surface area contributed by atoms with Gasteiger partial charge in [-0.15, -0.1) is 0 Å². The number of aryl methyl sites for hydroxylation is 1. The summed E-state index contributed by atoms with van der Waals surface area (Å²) in [5, 5.41) is 8.59. The number of aromatic amines is 2. The number of H-pyrrole nitrogens is 2. The predicted molar refractivity (Wildman–Crippen MR) is 65.8 cm³/mol. The van der Waals surface area contributed by atoms with E-state index in [0.717, 1.165) is 0 Å². The maximum absolute atomic E-state index is 11.8. The second-order valence-electron chi connectivity index (χ2n) is 3.71. The Hall–Kier alpha value is -2.64. The molecule has 0 bridgehead atoms. The highest BCUT2D eigenvalue weighted by atomic mass is 16.5. The maximum atomic E-state index is 11.8. The molecule has 0 aromatic carbocycles. The number of amides is 1. The summed E-state index contributed by atoms with van der Waals surface area (Å²) < 4.78 is 4.93. The topological polar surface area (TPSA) is 113 Å². The standard InChI is InChI=1S/C11H13N5O3/c1-3-19-11(18)8-6(2)12-4-7(8)15-10(17)9-13-5-14-16-9/h4-5,12H,3H2,1-2H3,(H,15,17)(H,13,14,16). The van der Waals surface area contributed by atoms with Crippen LogP contribution in [0.5, 0.6) is 0 Å². The number of hydrogen-bond acceptors (Lipinski definition) is 5. The number of ether oxygens (including phenoxy) is 1. The van der Waals surface area contributed by atoms with Gasteiger partial charge in [0, 0.05) is 11.9 Å². The number of anilines is 1. The summed E-state index contributed by atoms with van der Waals surface area (Å²) in [6.45, 7) is 3.70. The van der Waals surface area contributed by atoms with Crippen molar-refractivity contribution in [3.8, 4) is 0 Å². The van der Waals surface area contributed by atoms with E-state index < -0.39 is 11.9 Å². The summed E-state index contributed by atoms with van der Waals surface area (Å²) in [5.41, 5.74) is 1.26. The largest absolute Gasteiger partial charge is 0.462 e. The van der Waals surface area contributed by atoms with Crippen LogP contribution in [0.25, 0.3) is 0 Å². The van der Waals surface area contributed by atoms with Crippen LogP contribution in [0.3, 0.4) is 0 Å². The van der Waals surface area contributed by atoms with Crippen molar-refractivity contribution in [2.45, 2.75) is 13.8 Å². The van der Waals surface area contributed by atoms with Crippen molar-refractivity contribution < 1.29 is 14.3 Å². The number of aromatic nitrogens is 4. The first-order chi connectivity index (χ1) is 9.13. The van der Waals surface area contributed by atoms with E-state index in [4.69, 9.17) is 4.74 Å². The van der Waals surface area contributed by atoms with Crippen LogP contribution in [0.4, 0.5) is 5.69 Å². The smallest absolute Gasteiger partial charge is 0.342 e. The van der Waals surface area contributed by atoms with Crippen LogP contribution < -0.4 is 5.32 Å². The fourth-order valence-corrected chi connectivity index (χ4v) is 1.59. The average molecular weight is 263 g/mol. The molecule has 0 unspecified atom stereocenters. The summed E-state index contributed by atoms with van der Waals surface area (Å²) in [6, 6.07) is 0. The van der Waals surface area contributed by atoms with Crippen molar-refractivity contribution in [1.29, 1.82) is 0 Å². The van der Waals surface area contributed by atoms with E-state index in [1.54, 1.807) is 13.8 Å². The number of esters is 1. The molecule has 0 saturated heterocycles. The Bertz CT molecular complexity index is 588. The Balaban J connectivity index is 2.21. The second kappa shape index (κ2) is 5.34. The van der Waals surface area contributed by atoms with Crippen molar-refractivity contribution in [2.24, 2.45) is 0 Å². The minimum atomic E-state index is -0.492. The number of rotatable bonds is 4. The quantitative estimate of drug-likeness (QED) is 0.708. The van der Waals surface area contributed by atoms with Crippen molar-refractivity contribution in [1.82, 2.24) is 20.2 Å². The van der Waals surface area contributed by atoms with Crippen molar-refractivity contribution in [3.05, 3.63) is 29.6 Å². The molecule has 0 spiro atoms. The number of carbonyl (C=O) groups is 2. The molecule has 0 saturated carbocycles. The third-order valence-electron chi connectivity index (χ3n) is 2.44. The zero-order valence-corrected chi connectivity index (χ0v) is 10.5. The summed E-state index contributed by atoms with van der Waals surface area (Å²) in [4.78, 5) is 30.2. The summed E-state index contributed by atoms with van der Waals surface area (Å²) in [6.07, 6.45) is 2.75. The van der Waals surface area contributed by atoms with Gasteiger partial charge in [0.1, 0.15) is 11.9 Å². The molecule has 2 aromatic rings. The molecule has 0 aliphatic carbocycles.